The minimum absolute atomic E-state index is 0.0981. The van der Waals surface area contributed by atoms with Crippen LogP contribution in [0.25, 0.3) is 10.2 Å². The average molecular weight is 446 g/mol. The standard InChI is InChI=1S/C26H27N3O2S/c1-3-4-8-20-11-13-21(14-12-20)28-24(30)23-18(2)22-25(32-23)27-17-29(26(22)31)16-15-19-9-6-5-7-10-19/h5-7,9-14,17H,3-4,8,15-16H2,1-2H3,(H,28,30). The number of carbonyl (C=O) groups is 1. The number of benzene rings is 2. The van der Waals surface area contributed by atoms with E-state index in [-0.39, 0.29) is 11.5 Å². The van der Waals surface area contributed by atoms with Gasteiger partial charge in [-0.15, -0.1) is 11.3 Å². The summed E-state index contributed by atoms with van der Waals surface area (Å²) in [6.07, 6.45) is 5.69. The Balaban J connectivity index is 1.53. The molecule has 0 bridgehead atoms. The van der Waals surface area contributed by atoms with Gasteiger partial charge < -0.3 is 5.32 Å². The highest BCUT2D eigenvalue weighted by Gasteiger charge is 2.19. The third-order valence-electron chi connectivity index (χ3n) is 5.64. The molecule has 6 heteroatoms. The van der Waals surface area contributed by atoms with E-state index in [0.717, 1.165) is 31.4 Å². The Morgan fingerprint density at radius 3 is 2.47 bits per heavy atom. The summed E-state index contributed by atoms with van der Waals surface area (Å²) in [5, 5.41) is 3.49. The second-order valence-electron chi connectivity index (χ2n) is 7.97. The van der Waals surface area contributed by atoms with Crippen molar-refractivity contribution in [3.8, 4) is 0 Å². The third-order valence-corrected chi connectivity index (χ3v) is 6.84. The molecule has 0 aliphatic rings. The molecule has 0 unspecified atom stereocenters. The first-order chi connectivity index (χ1) is 15.6. The molecule has 5 nitrogen and oxygen atoms in total. The van der Waals surface area contributed by atoms with Crippen LogP contribution in [-0.4, -0.2) is 15.5 Å². The van der Waals surface area contributed by atoms with Crippen molar-refractivity contribution in [2.75, 3.05) is 5.32 Å². The van der Waals surface area contributed by atoms with Gasteiger partial charge in [-0.3, -0.25) is 14.2 Å². The highest BCUT2D eigenvalue weighted by atomic mass is 32.1. The Hall–Kier alpha value is -3.25. The molecule has 0 aliphatic heterocycles. The van der Waals surface area contributed by atoms with E-state index in [9.17, 15) is 9.59 Å². The van der Waals surface area contributed by atoms with Gasteiger partial charge in [-0.05, 0) is 55.0 Å². The van der Waals surface area contributed by atoms with Gasteiger partial charge >= 0.3 is 0 Å². The molecule has 4 aromatic rings. The van der Waals surface area contributed by atoms with E-state index in [0.29, 0.717) is 27.2 Å². The number of hydrogen-bond acceptors (Lipinski definition) is 4. The number of thiophene rings is 1. The van der Waals surface area contributed by atoms with Gasteiger partial charge in [0.25, 0.3) is 11.5 Å². The number of amides is 1. The van der Waals surface area contributed by atoms with E-state index in [1.165, 1.54) is 22.5 Å². The summed E-state index contributed by atoms with van der Waals surface area (Å²) >= 11 is 1.27. The summed E-state index contributed by atoms with van der Waals surface area (Å²) in [5.74, 6) is -0.206. The summed E-state index contributed by atoms with van der Waals surface area (Å²) < 4.78 is 1.63. The van der Waals surface area contributed by atoms with Gasteiger partial charge in [0, 0.05) is 12.2 Å². The number of fused-ring (bicyclic) bond motifs is 1. The fourth-order valence-corrected chi connectivity index (χ4v) is 4.79. The molecule has 0 aliphatic carbocycles. The highest BCUT2D eigenvalue weighted by molar-refractivity contribution is 7.20. The number of rotatable bonds is 8. The lowest BCUT2D eigenvalue weighted by molar-refractivity contribution is 0.103. The van der Waals surface area contributed by atoms with Crippen molar-refractivity contribution in [2.45, 2.75) is 46.1 Å². The van der Waals surface area contributed by atoms with Crippen LogP contribution in [-0.2, 0) is 19.4 Å². The summed E-state index contributed by atoms with van der Waals surface area (Å²) in [6.45, 7) is 4.55. The number of aryl methyl sites for hydroxylation is 4. The second kappa shape index (κ2) is 9.92. The van der Waals surface area contributed by atoms with Gasteiger partial charge in [0.15, 0.2) is 0 Å². The number of nitrogens with one attached hydrogen (secondary N) is 1. The smallest absolute Gasteiger partial charge is 0.266 e. The first-order valence-electron chi connectivity index (χ1n) is 11.0. The fourth-order valence-electron chi connectivity index (χ4n) is 3.75. The average Bonchev–Trinajstić information content (AvgIpc) is 3.16. The number of carbonyl (C=O) groups excluding carboxylic acids is 1. The molecule has 4 rings (SSSR count). The van der Waals surface area contributed by atoms with Crippen LogP contribution < -0.4 is 10.9 Å². The van der Waals surface area contributed by atoms with Gasteiger partial charge in [0.2, 0.25) is 0 Å². The van der Waals surface area contributed by atoms with Gasteiger partial charge in [-0.25, -0.2) is 4.98 Å². The lowest BCUT2D eigenvalue weighted by atomic mass is 10.1. The first kappa shape index (κ1) is 22.0. The van der Waals surface area contributed by atoms with Gasteiger partial charge in [-0.1, -0.05) is 55.8 Å². The number of nitrogens with zero attached hydrogens (tertiary/aromatic N) is 2. The van der Waals surface area contributed by atoms with E-state index in [1.54, 1.807) is 10.9 Å². The molecule has 32 heavy (non-hydrogen) atoms. The van der Waals surface area contributed by atoms with Crippen LogP contribution in [0.5, 0.6) is 0 Å². The quantitative estimate of drug-likeness (QED) is 0.384. The van der Waals surface area contributed by atoms with Gasteiger partial charge in [-0.2, -0.15) is 0 Å². The molecule has 0 radical (unpaired) electrons. The third kappa shape index (κ3) is 4.81. The Kier molecular flexibility index (Phi) is 6.81. The molecular weight excluding hydrogens is 418 g/mol. The second-order valence-corrected chi connectivity index (χ2v) is 8.97. The van der Waals surface area contributed by atoms with E-state index in [1.807, 2.05) is 49.4 Å². The van der Waals surface area contributed by atoms with Crippen LogP contribution in [0.2, 0.25) is 0 Å². The largest absolute Gasteiger partial charge is 0.321 e. The normalized spacial score (nSPS) is 11.1. The topological polar surface area (TPSA) is 64.0 Å². The lowest BCUT2D eigenvalue weighted by Gasteiger charge is -2.06. The monoisotopic (exact) mass is 445 g/mol. The Morgan fingerprint density at radius 2 is 1.75 bits per heavy atom. The van der Waals surface area contributed by atoms with E-state index in [2.05, 4.69) is 29.4 Å². The maximum Gasteiger partial charge on any atom is 0.266 e. The Labute approximate surface area is 191 Å². The van der Waals surface area contributed by atoms with Crippen molar-refractivity contribution in [3.05, 3.63) is 92.8 Å². The molecule has 0 spiro atoms. The zero-order valence-electron chi connectivity index (χ0n) is 18.4. The molecule has 0 saturated heterocycles. The zero-order valence-corrected chi connectivity index (χ0v) is 19.2. The van der Waals surface area contributed by atoms with Crippen molar-refractivity contribution >= 4 is 33.1 Å². The van der Waals surface area contributed by atoms with Crippen LogP contribution in [0.3, 0.4) is 0 Å². The van der Waals surface area contributed by atoms with Crippen molar-refractivity contribution in [2.24, 2.45) is 0 Å². The maximum atomic E-state index is 13.1. The minimum atomic E-state index is -0.206. The molecule has 0 atom stereocenters. The SMILES string of the molecule is CCCCc1ccc(NC(=O)c2sc3ncn(CCc4ccccc4)c(=O)c3c2C)cc1. The number of hydrogen-bond donors (Lipinski definition) is 1. The van der Waals surface area contributed by atoms with Crippen LogP contribution in [0, 0.1) is 6.92 Å². The Bertz CT molecular complexity index is 1270. The maximum absolute atomic E-state index is 13.1. The van der Waals surface area contributed by atoms with Crippen LogP contribution in [0.15, 0.2) is 65.7 Å². The molecule has 2 aromatic heterocycles. The predicted octanol–water partition coefficient (Wildman–Crippen LogP) is 5.60. The van der Waals surface area contributed by atoms with Crippen LogP contribution >= 0.6 is 11.3 Å². The van der Waals surface area contributed by atoms with Gasteiger partial charge in [0.1, 0.15) is 4.83 Å². The number of anilines is 1. The van der Waals surface area contributed by atoms with Crippen LogP contribution in [0.4, 0.5) is 5.69 Å². The molecule has 164 valence electrons. The fraction of sp³-hybridized carbons (Fsp3) is 0.269. The first-order valence-corrected chi connectivity index (χ1v) is 11.8. The highest BCUT2D eigenvalue weighted by Crippen LogP contribution is 2.27. The van der Waals surface area contributed by atoms with E-state index >= 15 is 0 Å². The summed E-state index contributed by atoms with van der Waals surface area (Å²) in [5.41, 5.74) is 3.78. The van der Waals surface area contributed by atoms with Crippen molar-refractivity contribution in [1.29, 1.82) is 0 Å². The molecule has 1 N–H and O–H groups in total. The van der Waals surface area contributed by atoms with Crippen LogP contribution in [0.1, 0.15) is 46.1 Å². The van der Waals surface area contributed by atoms with Crippen molar-refractivity contribution < 1.29 is 4.79 Å². The van der Waals surface area contributed by atoms with E-state index in [4.69, 9.17) is 0 Å². The molecule has 0 fully saturated rings. The summed E-state index contributed by atoms with van der Waals surface area (Å²) in [7, 11) is 0. The molecule has 2 aromatic carbocycles. The molecular formula is C26H27N3O2S. The van der Waals surface area contributed by atoms with Crippen molar-refractivity contribution in [3.63, 3.8) is 0 Å². The zero-order chi connectivity index (χ0) is 22.5. The number of unbranched alkanes of at least 4 members (excludes halogenated alkanes) is 1. The lowest BCUT2D eigenvalue weighted by Crippen LogP contribution is -2.21. The summed E-state index contributed by atoms with van der Waals surface area (Å²) in [6, 6.07) is 18.0. The van der Waals surface area contributed by atoms with Gasteiger partial charge in [0.05, 0.1) is 16.6 Å². The Morgan fingerprint density at radius 1 is 1.03 bits per heavy atom. The molecule has 0 saturated carbocycles. The molecule has 2 heterocycles. The van der Waals surface area contributed by atoms with Crippen molar-refractivity contribution in [1.82, 2.24) is 9.55 Å². The van der Waals surface area contributed by atoms with E-state index < -0.39 is 0 Å². The summed E-state index contributed by atoms with van der Waals surface area (Å²) in [4.78, 5) is 31.6. The minimum Gasteiger partial charge on any atom is -0.321 e. The number of aromatic nitrogens is 2. The predicted molar refractivity (Wildman–Crippen MR) is 132 cm³/mol. The molecule has 1 amide bonds.